The summed E-state index contributed by atoms with van der Waals surface area (Å²) in [5.74, 6) is 0. The van der Waals surface area contributed by atoms with E-state index in [0.717, 1.165) is 6.67 Å². The van der Waals surface area contributed by atoms with Crippen molar-refractivity contribution in [3.05, 3.63) is 23.8 Å². The van der Waals surface area contributed by atoms with Crippen LogP contribution in [0, 0.1) is 0 Å². The lowest BCUT2D eigenvalue weighted by atomic mass is 10.2. The summed E-state index contributed by atoms with van der Waals surface area (Å²) in [5.41, 5.74) is 1.27. The molecule has 1 N–H and O–H groups in total. The first-order valence-corrected chi connectivity index (χ1v) is 4.47. The molecule has 0 saturated carbocycles. The van der Waals surface area contributed by atoms with Gasteiger partial charge in [-0.3, -0.25) is 9.89 Å². The molecule has 0 fully saturated rings. The lowest BCUT2D eigenvalue weighted by Crippen LogP contribution is -2.37. The van der Waals surface area contributed by atoms with E-state index in [-0.39, 0.29) is 6.17 Å². The van der Waals surface area contributed by atoms with Crippen molar-refractivity contribution in [2.45, 2.75) is 13.1 Å². The summed E-state index contributed by atoms with van der Waals surface area (Å²) in [6, 6.07) is 0. The van der Waals surface area contributed by atoms with Gasteiger partial charge >= 0.3 is 0 Å². The molecule has 1 aliphatic heterocycles. The lowest BCUT2D eigenvalue weighted by Gasteiger charge is -2.24. The number of likely N-dealkylation sites (N-methyl/N-ethyl adjacent to an activating group) is 1. The van der Waals surface area contributed by atoms with E-state index in [2.05, 4.69) is 35.3 Å². The molecule has 1 aliphatic rings. The zero-order chi connectivity index (χ0) is 9.68. The van der Waals surface area contributed by atoms with Crippen LogP contribution in [-0.2, 0) is 0 Å². The highest BCUT2D eigenvalue weighted by molar-refractivity contribution is 5.72. The minimum atomic E-state index is 0.169. The quantitative estimate of drug-likeness (QED) is 0.655. The molecule has 0 aromatic rings. The normalized spacial score (nSPS) is 21.8. The molecular formula is C10H17N3. The number of aliphatic imine (C=N–C) groups is 1. The molecule has 1 unspecified atom stereocenters. The minimum absolute atomic E-state index is 0.169. The Morgan fingerprint density at radius 3 is 3.00 bits per heavy atom. The van der Waals surface area contributed by atoms with Crippen LogP contribution in [-0.4, -0.2) is 38.0 Å². The largest absolute Gasteiger partial charge is 0.307 e. The van der Waals surface area contributed by atoms with Crippen LogP contribution in [0.1, 0.15) is 6.92 Å². The molecule has 3 heteroatoms. The Hall–Kier alpha value is -0.930. The predicted octanol–water partition coefficient (Wildman–Crippen LogP) is 1.01. The van der Waals surface area contributed by atoms with Gasteiger partial charge in [-0.1, -0.05) is 12.2 Å². The van der Waals surface area contributed by atoms with E-state index in [1.165, 1.54) is 5.57 Å². The highest BCUT2D eigenvalue weighted by Gasteiger charge is 2.13. The summed E-state index contributed by atoms with van der Waals surface area (Å²) < 4.78 is 0. The highest BCUT2D eigenvalue weighted by atomic mass is 15.3. The van der Waals surface area contributed by atoms with Crippen molar-refractivity contribution in [2.24, 2.45) is 4.99 Å². The second kappa shape index (κ2) is 4.94. The summed E-state index contributed by atoms with van der Waals surface area (Å²) in [6.45, 7) is 2.94. The Balaban J connectivity index is 2.67. The van der Waals surface area contributed by atoms with Crippen LogP contribution in [0.4, 0.5) is 0 Å². The summed E-state index contributed by atoms with van der Waals surface area (Å²) in [7, 11) is 4.00. The van der Waals surface area contributed by atoms with E-state index in [0.29, 0.717) is 0 Å². The van der Waals surface area contributed by atoms with Gasteiger partial charge in [0.25, 0.3) is 0 Å². The minimum Gasteiger partial charge on any atom is -0.307 e. The SMILES string of the molecule is CNCN(C)C1N=CC=CC=C1C. The van der Waals surface area contributed by atoms with Crippen LogP contribution in [0.5, 0.6) is 0 Å². The number of nitrogens with one attached hydrogen (secondary N) is 1. The summed E-state index contributed by atoms with van der Waals surface area (Å²) >= 11 is 0. The van der Waals surface area contributed by atoms with E-state index in [4.69, 9.17) is 0 Å². The number of nitrogens with zero attached hydrogens (tertiary/aromatic N) is 2. The molecule has 0 aliphatic carbocycles. The van der Waals surface area contributed by atoms with Crippen molar-refractivity contribution in [3.8, 4) is 0 Å². The van der Waals surface area contributed by atoms with E-state index in [9.17, 15) is 0 Å². The second-order valence-corrected chi connectivity index (χ2v) is 3.24. The second-order valence-electron chi connectivity index (χ2n) is 3.24. The van der Waals surface area contributed by atoms with Crippen LogP contribution in [0.3, 0.4) is 0 Å². The van der Waals surface area contributed by atoms with Gasteiger partial charge < -0.3 is 5.32 Å². The van der Waals surface area contributed by atoms with E-state index >= 15 is 0 Å². The Labute approximate surface area is 79.8 Å². The van der Waals surface area contributed by atoms with Crippen LogP contribution < -0.4 is 5.32 Å². The van der Waals surface area contributed by atoms with Gasteiger partial charge in [-0.05, 0) is 32.7 Å². The number of hydrogen-bond acceptors (Lipinski definition) is 3. The summed E-state index contributed by atoms with van der Waals surface area (Å²) in [6.07, 6.45) is 8.10. The molecule has 0 radical (unpaired) electrons. The molecule has 0 aromatic carbocycles. The van der Waals surface area contributed by atoms with E-state index in [1.807, 2.05) is 25.4 Å². The molecule has 0 saturated heterocycles. The maximum absolute atomic E-state index is 4.43. The molecular weight excluding hydrogens is 162 g/mol. The van der Waals surface area contributed by atoms with Gasteiger partial charge in [-0.25, -0.2) is 0 Å². The molecule has 0 bridgehead atoms. The van der Waals surface area contributed by atoms with Gasteiger partial charge in [0.15, 0.2) is 0 Å². The molecule has 1 atom stereocenters. The topological polar surface area (TPSA) is 27.6 Å². The van der Waals surface area contributed by atoms with Crippen molar-refractivity contribution < 1.29 is 0 Å². The predicted molar refractivity (Wildman–Crippen MR) is 56.9 cm³/mol. The Morgan fingerprint density at radius 2 is 2.31 bits per heavy atom. The standard InChI is InChI=1S/C10H17N3/c1-9-6-4-5-7-12-10(9)13(3)8-11-2/h4-7,10-11H,8H2,1-3H3. The first-order chi connectivity index (χ1) is 6.25. The van der Waals surface area contributed by atoms with Crippen LogP contribution in [0.25, 0.3) is 0 Å². The average Bonchev–Trinajstić information content (AvgIpc) is 2.30. The van der Waals surface area contributed by atoms with Gasteiger partial charge in [0.05, 0.1) is 0 Å². The van der Waals surface area contributed by atoms with Crippen LogP contribution in [0.15, 0.2) is 28.8 Å². The molecule has 0 spiro atoms. The van der Waals surface area contributed by atoms with Crippen LogP contribution in [0.2, 0.25) is 0 Å². The molecule has 13 heavy (non-hydrogen) atoms. The van der Waals surface area contributed by atoms with Gasteiger partial charge in [0, 0.05) is 12.9 Å². The summed E-state index contributed by atoms with van der Waals surface area (Å²) in [4.78, 5) is 6.59. The molecule has 1 rings (SSSR count). The van der Waals surface area contributed by atoms with Gasteiger partial charge in [-0.2, -0.15) is 0 Å². The Bertz CT molecular complexity index is 241. The van der Waals surface area contributed by atoms with Crippen molar-refractivity contribution in [1.82, 2.24) is 10.2 Å². The molecule has 0 aromatic heterocycles. The average molecular weight is 179 g/mol. The van der Waals surface area contributed by atoms with Crippen LogP contribution >= 0.6 is 0 Å². The smallest absolute Gasteiger partial charge is 0.124 e. The van der Waals surface area contributed by atoms with E-state index in [1.54, 1.807) is 0 Å². The lowest BCUT2D eigenvalue weighted by molar-refractivity contribution is 0.265. The van der Waals surface area contributed by atoms with E-state index < -0.39 is 0 Å². The zero-order valence-electron chi connectivity index (χ0n) is 8.49. The number of allylic oxidation sites excluding steroid dienone is 3. The maximum atomic E-state index is 4.43. The number of hydrogen-bond donors (Lipinski definition) is 1. The van der Waals surface area contributed by atoms with Crippen molar-refractivity contribution in [1.29, 1.82) is 0 Å². The van der Waals surface area contributed by atoms with Gasteiger partial charge in [0.1, 0.15) is 6.17 Å². The highest BCUT2D eigenvalue weighted by Crippen LogP contribution is 2.11. The molecule has 0 amide bonds. The monoisotopic (exact) mass is 179 g/mol. The third kappa shape index (κ3) is 2.79. The fourth-order valence-electron chi connectivity index (χ4n) is 1.39. The van der Waals surface area contributed by atoms with Gasteiger partial charge in [0.2, 0.25) is 0 Å². The van der Waals surface area contributed by atoms with Crippen molar-refractivity contribution >= 4 is 6.21 Å². The maximum Gasteiger partial charge on any atom is 0.124 e. The first kappa shape index (κ1) is 10.2. The Kier molecular flexibility index (Phi) is 3.86. The fraction of sp³-hybridized carbons (Fsp3) is 0.500. The zero-order valence-corrected chi connectivity index (χ0v) is 8.49. The first-order valence-electron chi connectivity index (χ1n) is 4.47. The third-order valence-corrected chi connectivity index (χ3v) is 2.02. The van der Waals surface area contributed by atoms with Crippen molar-refractivity contribution in [3.63, 3.8) is 0 Å². The third-order valence-electron chi connectivity index (χ3n) is 2.02. The number of rotatable bonds is 3. The fourth-order valence-corrected chi connectivity index (χ4v) is 1.39. The molecule has 72 valence electrons. The molecule has 1 heterocycles. The Morgan fingerprint density at radius 1 is 1.54 bits per heavy atom. The van der Waals surface area contributed by atoms with Crippen molar-refractivity contribution in [2.75, 3.05) is 20.8 Å². The molecule has 3 nitrogen and oxygen atoms in total. The summed E-state index contributed by atoms with van der Waals surface area (Å²) in [5, 5.41) is 3.11. The van der Waals surface area contributed by atoms with Gasteiger partial charge in [-0.15, -0.1) is 0 Å².